The number of nitrogens with zero attached hydrogens (tertiary/aromatic N) is 3. The van der Waals surface area contributed by atoms with Gasteiger partial charge >= 0.3 is 6.09 Å². The van der Waals surface area contributed by atoms with Crippen LogP contribution in [-0.2, 0) is 9.53 Å². The molecule has 0 aromatic rings. The fourth-order valence-corrected chi connectivity index (χ4v) is 1.86. The Morgan fingerprint density at radius 2 is 1.96 bits per heavy atom. The summed E-state index contributed by atoms with van der Waals surface area (Å²) in [4.78, 5) is 33.1. The summed E-state index contributed by atoms with van der Waals surface area (Å²) in [5.74, 6) is 0.962. The van der Waals surface area contributed by atoms with E-state index in [9.17, 15) is 9.59 Å². The maximum absolute atomic E-state index is 11.8. The molecule has 9 heteroatoms. The fourth-order valence-electron chi connectivity index (χ4n) is 1.56. The van der Waals surface area contributed by atoms with Crippen LogP contribution < -0.4 is 10.6 Å². The molecule has 0 aromatic heterocycles. The van der Waals surface area contributed by atoms with Gasteiger partial charge in [-0.1, -0.05) is 11.6 Å². The van der Waals surface area contributed by atoms with Crippen LogP contribution in [0, 0.1) is 0 Å². The van der Waals surface area contributed by atoms with Gasteiger partial charge in [-0.3, -0.25) is 4.99 Å². The van der Waals surface area contributed by atoms with E-state index in [1.807, 2.05) is 0 Å². The van der Waals surface area contributed by atoms with E-state index in [1.165, 1.54) is 5.54 Å². The molecule has 0 fully saturated rings. The Labute approximate surface area is 154 Å². The first-order valence-corrected chi connectivity index (χ1v) is 8.16. The van der Waals surface area contributed by atoms with E-state index >= 15 is 0 Å². The van der Waals surface area contributed by atoms with E-state index in [4.69, 9.17) is 16.3 Å². The van der Waals surface area contributed by atoms with Crippen LogP contribution in [0.4, 0.5) is 4.79 Å². The highest BCUT2D eigenvalue weighted by Gasteiger charge is 2.20. The van der Waals surface area contributed by atoms with Crippen LogP contribution in [0.5, 0.6) is 0 Å². The zero-order valence-corrected chi connectivity index (χ0v) is 16.6. The number of likely N-dealkylation sites (N-methyl/N-ethyl adjacent to an activating group) is 1. The molecule has 8 nitrogen and oxygen atoms in total. The first-order chi connectivity index (χ1) is 11.5. The number of amidine groups is 2. The van der Waals surface area contributed by atoms with Gasteiger partial charge in [0.05, 0.1) is 5.70 Å². The van der Waals surface area contributed by atoms with Crippen molar-refractivity contribution in [2.75, 3.05) is 27.7 Å². The quantitative estimate of drug-likeness (QED) is 0.420. The largest absolute Gasteiger partial charge is 0.444 e. The molecule has 1 atom stereocenters. The third-order valence-electron chi connectivity index (χ3n) is 2.78. The normalized spacial score (nSPS) is 14.6. The van der Waals surface area contributed by atoms with Crippen LogP contribution in [0.1, 0.15) is 27.7 Å². The molecule has 0 unspecified atom stereocenters. The second-order valence-corrected chi connectivity index (χ2v) is 6.61. The maximum atomic E-state index is 11.8. The summed E-state index contributed by atoms with van der Waals surface area (Å²) in [5.41, 5.74) is 1.32. The number of carbonyl (C=O) groups excluding carboxylic acids is 2. The molecule has 0 aliphatic carbocycles. The van der Waals surface area contributed by atoms with Crippen LogP contribution in [0.2, 0.25) is 0 Å². The smallest absolute Gasteiger partial charge is 0.408 e. The summed E-state index contributed by atoms with van der Waals surface area (Å²) < 4.78 is 5.14. The molecule has 2 N–H and O–H groups in total. The number of halogens is 1. The minimum absolute atomic E-state index is 0.112. The van der Waals surface area contributed by atoms with Crippen molar-refractivity contribution in [3.63, 3.8) is 0 Å². The first-order valence-electron chi connectivity index (χ1n) is 7.72. The summed E-state index contributed by atoms with van der Waals surface area (Å²) in [6, 6.07) is -0.794. The molecular weight excluding hydrogens is 346 g/mol. The predicted octanol–water partition coefficient (Wildman–Crippen LogP) is 1.76. The number of hydrogen-bond acceptors (Lipinski definition) is 5. The average molecular weight is 374 g/mol. The Balaban J connectivity index is 5.10. The number of rotatable bonds is 6. The van der Waals surface area contributed by atoms with Crippen molar-refractivity contribution >= 4 is 35.7 Å². The molecule has 0 radical (unpaired) electrons. The highest BCUT2D eigenvalue weighted by Crippen LogP contribution is 2.07. The maximum Gasteiger partial charge on any atom is 0.408 e. The Bertz CT molecular complexity index is 550. The molecule has 0 aliphatic heterocycles. The number of nitrogens with one attached hydrogen (secondary N) is 2. The van der Waals surface area contributed by atoms with Crippen molar-refractivity contribution in [2.24, 2.45) is 9.98 Å². The molecule has 0 aliphatic rings. The molecule has 0 spiro atoms. The van der Waals surface area contributed by atoms with Gasteiger partial charge in [0.25, 0.3) is 0 Å². The molecule has 0 rings (SSSR count). The van der Waals surface area contributed by atoms with Gasteiger partial charge in [-0.15, -0.1) is 0 Å². The Morgan fingerprint density at radius 1 is 1.36 bits per heavy atom. The van der Waals surface area contributed by atoms with Gasteiger partial charge in [0.1, 0.15) is 23.8 Å². The van der Waals surface area contributed by atoms with Crippen LogP contribution in [0.3, 0.4) is 0 Å². The van der Waals surface area contributed by atoms with E-state index in [-0.39, 0.29) is 6.54 Å². The molecule has 142 valence electrons. The highest BCUT2D eigenvalue weighted by molar-refractivity contribution is 6.28. The number of aliphatic imine (C=N–C) groups is 2. The lowest BCUT2D eigenvalue weighted by molar-refractivity contribution is -0.109. The lowest BCUT2D eigenvalue weighted by Gasteiger charge is -2.23. The van der Waals surface area contributed by atoms with E-state index in [2.05, 4.69) is 20.6 Å². The summed E-state index contributed by atoms with van der Waals surface area (Å²) in [7, 11) is 5.23. The minimum Gasteiger partial charge on any atom is -0.444 e. The van der Waals surface area contributed by atoms with E-state index in [0.717, 1.165) is 0 Å². The van der Waals surface area contributed by atoms with Gasteiger partial charge in [-0.25, -0.2) is 9.79 Å². The number of hydrogen-bond donors (Lipinski definition) is 2. The Hall–Kier alpha value is -2.09. The third-order valence-corrected chi connectivity index (χ3v) is 2.99. The predicted molar refractivity (Wildman–Crippen MR) is 101 cm³/mol. The SMILES string of the molecule is C\N=C(C)/N=C(NC[C@@H](C=O)NC(=O)OC(C)(C)C)\C(=C\Cl)N(C)C. The molecule has 1 amide bonds. The zero-order valence-electron chi connectivity index (χ0n) is 15.9. The van der Waals surface area contributed by atoms with Crippen LogP contribution in [0.15, 0.2) is 21.2 Å². The van der Waals surface area contributed by atoms with Crippen LogP contribution in [-0.4, -0.2) is 68.3 Å². The molecule has 0 aromatic carbocycles. The second-order valence-electron chi connectivity index (χ2n) is 6.39. The van der Waals surface area contributed by atoms with Crippen molar-refractivity contribution in [3.05, 3.63) is 11.2 Å². The fraction of sp³-hybridized carbons (Fsp3) is 0.625. The Morgan fingerprint density at radius 3 is 2.36 bits per heavy atom. The molecule has 25 heavy (non-hydrogen) atoms. The van der Waals surface area contributed by atoms with Crippen molar-refractivity contribution < 1.29 is 14.3 Å². The second kappa shape index (κ2) is 10.7. The monoisotopic (exact) mass is 373 g/mol. The van der Waals surface area contributed by atoms with Gasteiger partial charge < -0.3 is 25.1 Å². The van der Waals surface area contributed by atoms with Gasteiger partial charge in [0, 0.05) is 33.2 Å². The molecule has 0 bridgehead atoms. The number of aldehydes is 1. The van der Waals surface area contributed by atoms with E-state index in [0.29, 0.717) is 23.7 Å². The van der Waals surface area contributed by atoms with Crippen LogP contribution in [0.25, 0.3) is 0 Å². The van der Waals surface area contributed by atoms with Crippen molar-refractivity contribution in [1.29, 1.82) is 0 Å². The minimum atomic E-state index is -0.794. The topological polar surface area (TPSA) is 95.4 Å². The molecule has 0 saturated carbocycles. The molecular formula is C16H28ClN5O3. The number of ether oxygens (including phenoxy) is 1. The van der Waals surface area contributed by atoms with Crippen molar-refractivity contribution in [3.8, 4) is 0 Å². The van der Waals surface area contributed by atoms with E-state index < -0.39 is 17.7 Å². The Kier molecular flexibility index (Phi) is 9.81. The first kappa shape index (κ1) is 22.9. The molecule has 0 saturated heterocycles. The van der Waals surface area contributed by atoms with Crippen molar-refractivity contribution in [1.82, 2.24) is 15.5 Å². The van der Waals surface area contributed by atoms with Crippen LogP contribution >= 0.6 is 11.6 Å². The molecule has 0 heterocycles. The lowest BCUT2D eigenvalue weighted by Crippen LogP contribution is -2.47. The highest BCUT2D eigenvalue weighted by atomic mass is 35.5. The lowest BCUT2D eigenvalue weighted by atomic mass is 10.2. The summed E-state index contributed by atoms with van der Waals surface area (Å²) in [6.07, 6.45) is -0.0494. The number of amides is 1. The van der Waals surface area contributed by atoms with Gasteiger partial charge in [-0.2, -0.15) is 0 Å². The summed E-state index contributed by atoms with van der Waals surface area (Å²) >= 11 is 5.87. The number of alkyl carbamates (subject to hydrolysis) is 1. The summed E-state index contributed by atoms with van der Waals surface area (Å²) in [5, 5.41) is 5.50. The standard InChI is InChI=1S/C16H28ClN5O3/c1-11(18-5)20-14(13(8-17)22(6)7)19-9-12(10-23)21-15(24)25-16(2,3)4/h8,10,12H,9H2,1-7H3,(H,21,24)(H,18,19,20)/b13-8-/t12-/m0/s1. The van der Waals surface area contributed by atoms with Gasteiger partial charge in [0.2, 0.25) is 0 Å². The van der Waals surface area contributed by atoms with Crippen molar-refractivity contribution in [2.45, 2.75) is 39.3 Å². The third kappa shape index (κ3) is 9.71. The van der Waals surface area contributed by atoms with E-state index in [1.54, 1.807) is 53.7 Å². The summed E-state index contributed by atoms with van der Waals surface area (Å²) in [6.45, 7) is 7.08. The van der Waals surface area contributed by atoms with Gasteiger partial charge in [0.15, 0.2) is 5.84 Å². The average Bonchev–Trinajstić information content (AvgIpc) is 2.49. The zero-order chi connectivity index (χ0) is 19.6. The van der Waals surface area contributed by atoms with Gasteiger partial charge in [-0.05, 0) is 27.7 Å². The number of carbonyl (C=O) groups is 2.